The molecule has 0 unspecified atom stereocenters. The van der Waals surface area contributed by atoms with Gasteiger partial charge >= 0.3 is 10.4 Å². The third-order valence-electron chi connectivity index (χ3n) is 4.36. The maximum Gasteiger partial charge on any atom is 0.397 e. The maximum absolute atomic E-state index is 10.3. The first kappa shape index (κ1) is 25.8. The Morgan fingerprint density at radius 3 is 1.58 bits per heavy atom. The quantitative estimate of drug-likeness (QED) is 0.229. The van der Waals surface area contributed by atoms with Gasteiger partial charge in [-0.15, -0.1) is 0 Å². The number of rotatable bonds is 20. The Morgan fingerprint density at radius 1 is 0.731 bits per heavy atom. The van der Waals surface area contributed by atoms with Crippen LogP contribution in [0.15, 0.2) is 0 Å². The van der Waals surface area contributed by atoms with Crippen molar-refractivity contribution in [3.63, 3.8) is 0 Å². The number of aliphatic hydroxyl groups excluding tert-OH is 1. The molecule has 0 rings (SSSR count). The highest BCUT2D eigenvalue weighted by Crippen LogP contribution is 2.12. The van der Waals surface area contributed by atoms with Crippen molar-refractivity contribution in [3.05, 3.63) is 0 Å². The monoisotopic (exact) mass is 396 g/mol. The number of hydrogen-bond donors (Lipinski definition) is 2. The molecule has 0 aliphatic carbocycles. The first-order valence-electron chi connectivity index (χ1n) is 10.3. The van der Waals surface area contributed by atoms with E-state index in [1.165, 1.54) is 77.0 Å². The van der Waals surface area contributed by atoms with Crippen LogP contribution >= 0.6 is 0 Å². The van der Waals surface area contributed by atoms with E-state index in [0.29, 0.717) is 6.61 Å². The highest BCUT2D eigenvalue weighted by Gasteiger charge is 2.10. The number of hydrogen-bond acceptors (Lipinski definition) is 5. The van der Waals surface area contributed by atoms with E-state index < -0.39 is 23.1 Å². The van der Waals surface area contributed by atoms with Crippen LogP contribution in [0, 0.1) is 0 Å². The van der Waals surface area contributed by atoms with Crippen LogP contribution < -0.4 is 0 Å². The fourth-order valence-electron chi connectivity index (χ4n) is 2.83. The van der Waals surface area contributed by atoms with Crippen molar-refractivity contribution < 1.29 is 27.0 Å². The van der Waals surface area contributed by atoms with Gasteiger partial charge in [0.05, 0.1) is 13.2 Å². The fourth-order valence-corrected chi connectivity index (χ4v) is 3.16. The predicted octanol–water partition coefficient (Wildman–Crippen LogP) is 4.66. The van der Waals surface area contributed by atoms with Crippen molar-refractivity contribution in [3.8, 4) is 0 Å². The van der Waals surface area contributed by atoms with Crippen molar-refractivity contribution in [2.45, 2.75) is 103 Å². The van der Waals surface area contributed by atoms with E-state index in [9.17, 15) is 13.5 Å². The Kier molecular flexibility index (Phi) is 18.0. The molecule has 6 nitrogen and oxygen atoms in total. The van der Waals surface area contributed by atoms with Crippen molar-refractivity contribution in [1.29, 1.82) is 0 Å². The Hall–Kier alpha value is -0.210. The third-order valence-corrected chi connectivity index (χ3v) is 4.80. The molecular weight excluding hydrogens is 356 g/mol. The normalized spacial score (nSPS) is 13.2. The summed E-state index contributed by atoms with van der Waals surface area (Å²) >= 11 is 0. The van der Waals surface area contributed by atoms with Crippen LogP contribution in [0.5, 0.6) is 0 Å². The molecule has 0 fully saturated rings. The van der Waals surface area contributed by atoms with Gasteiger partial charge in [-0.3, -0.25) is 4.55 Å². The molecule has 0 aromatic rings. The molecule has 0 heterocycles. The van der Waals surface area contributed by atoms with Crippen molar-refractivity contribution in [2.75, 3.05) is 19.8 Å². The summed E-state index contributed by atoms with van der Waals surface area (Å²) < 4.78 is 38.4. The molecule has 0 saturated heterocycles. The Balaban J connectivity index is 3.15. The molecule has 0 spiro atoms. The zero-order valence-corrected chi connectivity index (χ0v) is 17.4. The Morgan fingerprint density at radius 2 is 1.15 bits per heavy atom. The second-order valence-corrected chi connectivity index (χ2v) is 8.13. The maximum atomic E-state index is 10.3. The second-order valence-electron chi connectivity index (χ2n) is 7.04. The predicted molar refractivity (Wildman–Crippen MR) is 105 cm³/mol. The number of unbranched alkanes of at least 4 members (excludes halogenated alkanes) is 13. The van der Waals surface area contributed by atoms with Gasteiger partial charge in [-0.2, -0.15) is 8.42 Å². The first-order chi connectivity index (χ1) is 12.5. The van der Waals surface area contributed by atoms with E-state index in [0.717, 1.165) is 12.8 Å². The topological polar surface area (TPSA) is 93.1 Å². The van der Waals surface area contributed by atoms with E-state index in [4.69, 9.17) is 9.29 Å². The van der Waals surface area contributed by atoms with E-state index in [2.05, 4.69) is 11.1 Å². The third kappa shape index (κ3) is 21.8. The van der Waals surface area contributed by atoms with Crippen molar-refractivity contribution in [2.24, 2.45) is 0 Å². The second kappa shape index (κ2) is 18.2. The first-order valence-corrected chi connectivity index (χ1v) is 11.7. The van der Waals surface area contributed by atoms with E-state index in [1.807, 2.05) is 0 Å². The standard InChI is InChI=1S/C19H40O6S/c1-2-3-4-5-6-7-8-9-10-11-12-13-14-15-16-24-17-19(20)18-25-26(21,22)23/h19-20H,2-18H2,1H3,(H,21,22,23)/t19-/m1/s1. The SMILES string of the molecule is CCCCCCCCCCCCCCCCOC[C@@H](O)COS(=O)(=O)O. The van der Waals surface area contributed by atoms with Gasteiger partial charge in [0.25, 0.3) is 0 Å². The van der Waals surface area contributed by atoms with Gasteiger partial charge in [-0.05, 0) is 6.42 Å². The van der Waals surface area contributed by atoms with Gasteiger partial charge in [-0.25, -0.2) is 4.18 Å². The number of aliphatic hydroxyl groups is 1. The fraction of sp³-hybridized carbons (Fsp3) is 1.00. The zero-order valence-electron chi connectivity index (χ0n) is 16.5. The molecule has 1 atom stereocenters. The summed E-state index contributed by atoms with van der Waals surface area (Å²) in [5.41, 5.74) is 0. The minimum Gasteiger partial charge on any atom is -0.388 e. The van der Waals surface area contributed by atoms with E-state index >= 15 is 0 Å². The molecule has 0 aromatic carbocycles. The lowest BCUT2D eigenvalue weighted by molar-refractivity contribution is 0.0101. The van der Waals surface area contributed by atoms with Crippen molar-refractivity contribution >= 4 is 10.4 Å². The molecule has 7 heteroatoms. The summed E-state index contributed by atoms with van der Waals surface area (Å²) in [7, 11) is -4.50. The van der Waals surface area contributed by atoms with Crippen LogP contribution in [0.1, 0.15) is 96.8 Å². The van der Waals surface area contributed by atoms with Crippen LogP contribution in [0.3, 0.4) is 0 Å². The summed E-state index contributed by atoms with van der Waals surface area (Å²) in [5.74, 6) is 0. The molecule has 0 amide bonds. The minimum absolute atomic E-state index is 0.00790. The molecule has 0 bridgehead atoms. The van der Waals surface area contributed by atoms with Gasteiger partial charge in [0.1, 0.15) is 6.10 Å². The van der Waals surface area contributed by atoms with Gasteiger partial charge in [0.2, 0.25) is 0 Å². The van der Waals surface area contributed by atoms with Gasteiger partial charge in [-0.1, -0.05) is 90.4 Å². The highest BCUT2D eigenvalue weighted by atomic mass is 32.3. The lowest BCUT2D eigenvalue weighted by Gasteiger charge is -2.10. The molecule has 0 aliphatic heterocycles. The van der Waals surface area contributed by atoms with E-state index in [-0.39, 0.29) is 6.61 Å². The Bertz CT molecular complexity index is 385. The van der Waals surface area contributed by atoms with Gasteiger partial charge in [0.15, 0.2) is 0 Å². The average Bonchev–Trinajstić information content (AvgIpc) is 2.59. The molecule has 0 aliphatic rings. The van der Waals surface area contributed by atoms with E-state index in [1.54, 1.807) is 0 Å². The average molecular weight is 397 g/mol. The summed E-state index contributed by atoms with van der Waals surface area (Å²) in [6.07, 6.45) is 17.1. The smallest absolute Gasteiger partial charge is 0.388 e. The summed E-state index contributed by atoms with van der Waals surface area (Å²) in [6, 6.07) is 0. The highest BCUT2D eigenvalue weighted by molar-refractivity contribution is 7.80. The summed E-state index contributed by atoms with van der Waals surface area (Å²) in [5, 5.41) is 9.40. The van der Waals surface area contributed by atoms with Crippen LogP contribution in [-0.4, -0.2) is 44.0 Å². The van der Waals surface area contributed by atoms with Crippen LogP contribution in [0.4, 0.5) is 0 Å². The summed E-state index contributed by atoms with van der Waals surface area (Å²) in [4.78, 5) is 0. The van der Waals surface area contributed by atoms with Crippen LogP contribution in [0.25, 0.3) is 0 Å². The molecule has 0 aromatic heterocycles. The summed E-state index contributed by atoms with van der Waals surface area (Å²) in [6.45, 7) is 2.32. The lowest BCUT2D eigenvalue weighted by atomic mass is 10.0. The lowest BCUT2D eigenvalue weighted by Crippen LogP contribution is -2.23. The van der Waals surface area contributed by atoms with Crippen molar-refractivity contribution in [1.82, 2.24) is 0 Å². The zero-order chi connectivity index (χ0) is 19.5. The van der Waals surface area contributed by atoms with Gasteiger partial charge in [0, 0.05) is 6.61 Å². The number of ether oxygens (including phenoxy) is 1. The molecule has 158 valence electrons. The largest absolute Gasteiger partial charge is 0.397 e. The molecule has 0 radical (unpaired) electrons. The van der Waals surface area contributed by atoms with Crippen LogP contribution in [-0.2, 0) is 19.3 Å². The Labute approximate surface area is 160 Å². The molecule has 2 N–H and O–H groups in total. The molecule has 0 saturated carbocycles. The molecular formula is C19H40O6S. The van der Waals surface area contributed by atoms with Gasteiger partial charge < -0.3 is 9.84 Å². The molecule has 26 heavy (non-hydrogen) atoms. The van der Waals surface area contributed by atoms with Crippen LogP contribution in [0.2, 0.25) is 0 Å². The minimum atomic E-state index is -4.50.